The second-order valence-electron chi connectivity index (χ2n) is 6.16. The number of fused-ring (bicyclic) bond motifs is 1. The Balaban J connectivity index is 2.08. The van der Waals surface area contributed by atoms with Crippen LogP contribution in [0.1, 0.15) is 17.0 Å². The van der Waals surface area contributed by atoms with E-state index >= 15 is 0 Å². The zero-order valence-corrected chi connectivity index (χ0v) is 14.1. The fraction of sp³-hybridized carbons (Fsp3) is 0.412. The molecule has 6 heteroatoms. The molecule has 0 aliphatic carbocycles. The quantitative estimate of drug-likeness (QED) is 0.785. The topological polar surface area (TPSA) is 63.0 Å². The van der Waals surface area contributed by atoms with Gasteiger partial charge in [-0.1, -0.05) is 0 Å². The maximum Gasteiger partial charge on any atom is 0.146 e. The van der Waals surface area contributed by atoms with Crippen molar-refractivity contribution >= 4 is 11.0 Å². The Labute approximate surface area is 135 Å². The van der Waals surface area contributed by atoms with Crippen LogP contribution in [-0.2, 0) is 13.1 Å². The highest BCUT2D eigenvalue weighted by Crippen LogP contribution is 2.21. The van der Waals surface area contributed by atoms with Crippen molar-refractivity contribution in [1.82, 2.24) is 19.0 Å². The third-order valence-electron chi connectivity index (χ3n) is 4.33. The molecule has 122 valence electrons. The molecule has 23 heavy (non-hydrogen) atoms. The molecule has 0 aliphatic heterocycles. The lowest BCUT2D eigenvalue weighted by Crippen LogP contribution is -2.27. The molecule has 0 aliphatic rings. The number of furan rings is 1. The summed E-state index contributed by atoms with van der Waals surface area (Å²) in [6.07, 6.45) is 3.45. The van der Waals surface area contributed by atoms with Crippen molar-refractivity contribution in [3.8, 4) is 0 Å². The lowest BCUT2D eigenvalue weighted by molar-refractivity contribution is 0.379. The van der Waals surface area contributed by atoms with Gasteiger partial charge in [0.15, 0.2) is 0 Å². The molecule has 0 bridgehead atoms. The van der Waals surface area contributed by atoms with Gasteiger partial charge in [-0.25, -0.2) is 4.98 Å². The Morgan fingerprint density at radius 2 is 2.09 bits per heavy atom. The summed E-state index contributed by atoms with van der Waals surface area (Å²) in [6, 6.07) is 3.85. The molecule has 3 rings (SSSR count). The van der Waals surface area contributed by atoms with Gasteiger partial charge in [0.2, 0.25) is 0 Å². The van der Waals surface area contributed by atoms with Crippen molar-refractivity contribution in [3.63, 3.8) is 0 Å². The van der Waals surface area contributed by atoms with Gasteiger partial charge in [-0.2, -0.15) is 0 Å². The maximum absolute atomic E-state index is 8.55. The van der Waals surface area contributed by atoms with Crippen molar-refractivity contribution in [2.45, 2.75) is 26.9 Å². The van der Waals surface area contributed by atoms with E-state index in [2.05, 4.69) is 28.3 Å². The van der Waals surface area contributed by atoms with E-state index in [1.165, 1.54) is 0 Å². The SMILES string of the molecule is Cc1c(C)n(Cc2ccco2)c2ncn(CCN(C)C)c(=N)c12. The average molecular weight is 313 g/mol. The molecular formula is C17H23N5O. The molecule has 0 amide bonds. The van der Waals surface area contributed by atoms with Gasteiger partial charge in [-0.05, 0) is 45.6 Å². The van der Waals surface area contributed by atoms with Crippen LogP contribution in [0.25, 0.3) is 11.0 Å². The highest BCUT2D eigenvalue weighted by Gasteiger charge is 2.16. The first kappa shape index (κ1) is 15.6. The van der Waals surface area contributed by atoms with E-state index < -0.39 is 0 Å². The maximum atomic E-state index is 8.55. The third kappa shape index (κ3) is 2.82. The molecule has 6 nitrogen and oxygen atoms in total. The molecule has 0 atom stereocenters. The molecule has 0 aromatic carbocycles. The second-order valence-corrected chi connectivity index (χ2v) is 6.16. The lowest BCUT2D eigenvalue weighted by Gasteiger charge is -2.12. The molecular weight excluding hydrogens is 290 g/mol. The normalized spacial score (nSPS) is 11.7. The summed E-state index contributed by atoms with van der Waals surface area (Å²) < 4.78 is 9.49. The predicted molar refractivity (Wildman–Crippen MR) is 89.4 cm³/mol. The minimum absolute atomic E-state index is 0.524. The molecule has 0 saturated carbocycles. The van der Waals surface area contributed by atoms with Crippen molar-refractivity contribution < 1.29 is 4.42 Å². The lowest BCUT2D eigenvalue weighted by atomic mass is 10.2. The molecule has 0 unspecified atom stereocenters. The molecule has 0 radical (unpaired) electrons. The minimum atomic E-state index is 0.524. The summed E-state index contributed by atoms with van der Waals surface area (Å²) in [5.41, 5.74) is 3.61. The molecule has 3 aromatic rings. The number of aromatic nitrogens is 3. The number of nitrogens with zero attached hydrogens (tertiary/aromatic N) is 4. The Morgan fingerprint density at radius 3 is 2.74 bits per heavy atom. The van der Waals surface area contributed by atoms with E-state index in [-0.39, 0.29) is 0 Å². The van der Waals surface area contributed by atoms with Gasteiger partial charge in [0.05, 0.1) is 24.5 Å². The van der Waals surface area contributed by atoms with Crippen LogP contribution < -0.4 is 5.49 Å². The Hall–Kier alpha value is -2.34. The highest BCUT2D eigenvalue weighted by atomic mass is 16.3. The zero-order chi connectivity index (χ0) is 16.6. The highest BCUT2D eigenvalue weighted by molar-refractivity contribution is 5.80. The van der Waals surface area contributed by atoms with Crippen LogP contribution >= 0.6 is 0 Å². The van der Waals surface area contributed by atoms with Crippen LogP contribution in [0.4, 0.5) is 0 Å². The van der Waals surface area contributed by atoms with Gasteiger partial charge in [0.25, 0.3) is 0 Å². The Morgan fingerprint density at radius 1 is 1.30 bits per heavy atom. The van der Waals surface area contributed by atoms with Crippen molar-refractivity contribution in [1.29, 1.82) is 5.41 Å². The standard InChI is InChI=1S/C17H23N5O/c1-12-13(2)22(10-14-6-5-9-23-14)17-15(12)16(18)21(11-19-17)8-7-20(3)4/h5-6,9,11,18H,7-8,10H2,1-4H3. The fourth-order valence-electron chi connectivity index (χ4n) is 2.82. The van der Waals surface area contributed by atoms with E-state index in [0.29, 0.717) is 12.0 Å². The van der Waals surface area contributed by atoms with Crippen LogP contribution in [0.5, 0.6) is 0 Å². The summed E-state index contributed by atoms with van der Waals surface area (Å²) in [5.74, 6) is 0.891. The van der Waals surface area contributed by atoms with Gasteiger partial charge in [0, 0.05) is 18.8 Å². The summed E-state index contributed by atoms with van der Waals surface area (Å²) >= 11 is 0. The number of hydrogen-bond acceptors (Lipinski definition) is 4. The van der Waals surface area contributed by atoms with Crippen LogP contribution in [0, 0.1) is 19.3 Å². The number of aryl methyl sites for hydroxylation is 1. The molecule has 0 saturated heterocycles. The van der Waals surface area contributed by atoms with Gasteiger partial charge in [0.1, 0.15) is 16.9 Å². The zero-order valence-electron chi connectivity index (χ0n) is 14.1. The number of rotatable bonds is 5. The van der Waals surface area contributed by atoms with Crippen LogP contribution in [0.2, 0.25) is 0 Å². The predicted octanol–water partition coefficient (Wildman–Crippen LogP) is 2.14. The molecule has 3 aromatic heterocycles. The first-order valence-electron chi connectivity index (χ1n) is 7.75. The van der Waals surface area contributed by atoms with E-state index in [1.807, 2.05) is 30.8 Å². The van der Waals surface area contributed by atoms with Crippen LogP contribution in [0.15, 0.2) is 29.1 Å². The first-order valence-corrected chi connectivity index (χ1v) is 7.75. The number of likely N-dealkylation sites (N-methyl/N-ethyl adjacent to an activating group) is 1. The van der Waals surface area contributed by atoms with Crippen molar-refractivity contribution in [2.24, 2.45) is 0 Å². The van der Waals surface area contributed by atoms with Gasteiger partial charge in [-0.15, -0.1) is 0 Å². The van der Waals surface area contributed by atoms with E-state index in [0.717, 1.165) is 41.1 Å². The Bertz CT molecular complexity index is 871. The molecule has 0 fully saturated rings. The van der Waals surface area contributed by atoms with E-state index in [4.69, 9.17) is 9.83 Å². The van der Waals surface area contributed by atoms with Gasteiger partial charge in [-0.3, -0.25) is 5.41 Å². The summed E-state index contributed by atoms with van der Waals surface area (Å²) in [5, 5.41) is 9.48. The largest absolute Gasteiger partial charge is 0.467 e. The second kappa shape index (κ2) is 6.04. The molecule has 1 N–H and O–H groups in total. The molecule has 0 spiro atoms. The van der Waals surface area contributed by atoms with Gasteiger partial charge >= 0.3 is 0 Å². The fourth-order valence-corrected chi connectivity index (χ4v) is 2.82. The smallest absolute Gasteiger partial charge is 0.146 e. The Kier molecular flexibility index (Phi) is 4.09. The molecule has 3 heterocycles. The average Bonchev–Trinajstić information content (AvgIpc) is 3.10. The van der Waals surface area contributed by atoms with Crippen molar-refractivity contribution in [2.75, 3.05) is 20.6 Å². The van der Waals surface area contributed by atoms with Crippen LogP contribution in [-0.4, -0.2) is 39.7 Å². The van der Waals surface area contributed by atoms with Gasteiger partial charge < -0.3 is 18.5 Å². The minimum Gasteiger partial charge on any atom is -0.467 e. The van der Waals surface area contributed by atoms with Crippen LogP contribution in [0.3, 0.4) is 0 Å². The summed E-state index contributed by atoms with van der Waals surface area (Å²) in [6.45, 7) is 6.42. The monoisotopic (exact) mass is 313 g/mol. The summed E-state index contributed by atoms with van der Waals surface area (Å²) in [4.78, 5) is 6.74. The number of nitrogens with one attached hydrogen (secondary N) is 1. The van der Waals surface area contributed by atoms with E-state index in [1.54, 1.807) is 12.6 Å². The van der Waals surface area contributed by atoms with Crippen molar-refractivity contribution in [3.05, 3.63) is 47.2 Å². The first-order chi connectivity index (χ1) is 11.0. The summed E-state index contributed by atoms with van der Waals surface area (Å²) in [7, 11) is 4.07. The third-order valence-corrected chi connectivity index (χ3v) is 4.33. The van der Waals surface area contributed by atoms with E-state index in [9.17, 15) is 0 Å². The number of hydrogen-bond donors (Lipinski definition) is 1.